The highest BCUT2D eigenvalue weighted by atomic mass is 16.3. The molecule has 25 heavy (non-hydrogen) atoms. The highest BCUT2D eigenvalue weighted by Gasteiger charge is 2.36. The van der Waals surface area contributed by atoms with E-state index in [0.717, 1.165) is 11.1 Å². The van der Waals surface area contributed by atoms with Gasteiger partial charge in [0.05, 0.1) is 11.2 Å². The second-order valence-electron chi connectivity index (χ2n) is 6.74. The maximum Gasteiger partial charge on any atom is 0.190 e. The molecule has 0 aliphatic carbocycles. The summed E-state index contributed by atoms with van der Waals surface area (Å²) in [6, 6.07) is 13.4. The van der Waals surface area contributed by atoms with Crippen LogP contribution >= 0.6 is 0 Å². The maximum atomic E-state index is 13.2. The van der Waals surface area contributed by atoms with E-state index in [1.54, 1.807) is 12.1 Å². The van der Waals surface area contributed by atoms with Gasteiger partial charge in [-0.3, -0.25) is 5.11 Å². The van der Waals surface area contributed by atoms with E-state index in [0.29, 0.717) is 36.8 Å². The summed E-state index contributed by atoms with van der Waals surface area (Å²) in [6.07, 6.45) is 1.81. The molecule has 0 bridgehead atoms. The van der Waals surface area contributed by atoms with Crippen molar-refractivity contribution in [2.24, 2.45) is 0 Å². The van der Waals surface area contributed by atoms with Crippen molar-refractivity contribution in [2.75, 3.05) is 0 Å². The van der Waals surface area contributed by atoms with Crippen LogP contribution in [-0.4, -0.2) is 10.2 Å². The van der Waals surface area contributed by atoms with Crippen LogP contribution in [-0.2, 0) is 16.3 Å². The summed E-state index contributed by atoms with van der Waals surface area (Å²) >= 11 is 0. The molecule has 0 aliphatic heterocycles. The molecule has 0 saturated heterocycles. The van der Waals surface area contributed by atoms with Crippen LogP contribution in [0, 0.1) is 0 Å². The lowest BCUT2D eigenvalue weighted by Crippen LogP contribution is -2.27. The van der Waals surface area contributed by atoms with Gasteiger partial charge < -0.3 is 10.2 Å². The van der Waals surface area contributed by atoms with Crippen LogP contribution in [0.2, 0.25) is 0 Å². The number of rotatable bonds is 7. The van der Waals surface area contributed by atoms with Gasteiger partial charge in [-0.15, -0.1) is 0 Å². The monoisotopic (exact) mass is 341 g/mol. The van der Waals surface area contributed by atoms with Crippen LogP contribution in [0.4, 0.5) is 0 Å². The summed E-state index contributed by atoms with van der Waals surface area (Å²) in [7, 11) is 0. The molecule has 0 spiro atoms. The fourth-order valence-electron chi connectivity index (χ4n) is 3.38. The lowest BCUT2D eigenvalue weighted by Gasteiger charge is -2.31. The van der Waals surface area contributed by atoms with E-state index in [1.165, 1.54) is 0 Å². The Labute approximate surface area is 151 Å². The third-order valence-electron chi connectivity index (χ3n) is 5.54. The Bertz CT molecular complexity index is 659. The van der Waals surface area contributed by atoms with Crippen molar-refractivity contribution in [3.05, 3.63) is 53.6 Å². The molecule has 2 aromatic rings. The maximum absolute atomic E-state index is 13.2. The molecule has 0 fully saturated rings. The van der Waals surface area contributed by atoms with Gasteiger partial charge in [-0.05, 0) is 48.9 Å². The summed E-state index contributed by atoms with van der Waals surface area (Å²) in [6.45, 7) is 7.51. The highest BCUT2D eigenvalue weighted by Crippen LogP contribution is 2.45. The van der Waals surface area contributed by atoms with E-state index in [1.807, 2.05) is 58.0 Å². The molecule has 135 valence electrons. The average molecular weight is 341 g/mol. The zero-order valence-corrected chi connectivity index (χ0v) is 15.7. The fraction of sp³-hybridized carbons (Fsp3) is 0.455. The second kappa shape index (κ2) is 7.59. The predicted molar refractivity (Wildman–Crippen MR) is 101 cm³/mol. The van der Waals surface area contributed by atoms with Crippen LogP contribution in [0.15, 0.2) is 42.5 Å². The third kappa shape index (κ3) is 3.58. The Kier molecular flexibility index (Phi) is 5.91. The first-order chi connectivity index (χ1) is 11.8. The van der Waals surface area contributed by atoms with Crippen LogP contribution < -0.4 is 0 Å². The first-order valence-electron chi connectivity index (χ1n) is 9.21. The van der Waals surface area contributed by atoms with E-state index in [9.17, 15) is 15.3 Å². The molecule has 0 atom stereocenters. The van der Waals surface area contributed by atoms with Crippen molar-refractivity contribution in [2.45, 2.75) is 64.6 Å². The van der Waals surface area contributed by atoms with Gasteiger partial charge >= 0.3 is 0 Å². The fourth-order valence-corrected chi connectivity index (χ4v) is 3.38. The molecule has 1 radical (unpaired) electrons. The standard InChI is InChI=1S/C22H29O3/c1-5-21(24,6-2)18-14-17(16-12-10-9-11-13-16)15-19(20(18)23)22(25,7-3)8-4/h9-15,24-25H,5-8H2,1-4H3. The van der Waals surface area contributed by atoms with Gasteiger partial charge in [0.15, 0.2) is 5.75 Å². The minimum Gasteiger partial charge on any atom is -0.385 e. The zero-order chi connectivity index (χ0) is 18.7. The van der Waals surface area contributed by atoms with Crippen molar-refractivity contribution in [1.29, 1.82) is 0 Å². The smallest absolute Gasteiger partial charge is 0.190 e. The van der Waals surface area contributed by atoms with Crippen LogP contribution in [0.25, 0.3) is 11.1 Å². The van der Waals surface area contributed by atoms with Gasteiger partial charge in [-0.1, -0.05) is 58.0 Å². The minimum absolute atomic E-state index is 0.239. The molecule has 0 aromatic heterocycles. The van der Waals surface area contributed by atoms with Gasteiger partial charge in [0.2, 0.25) is 0 Å². The lowest BCUT2D eigenvalue weighted by atomic mass is 9.79. The summed E-state index contributed by atoms with van der Waals surface area (Å²) in [4.78, 5) is 0. The number of hydrogen-bond acceptors (Lipinski definition) is 2. The molecule has 3 heteroatoms. The van der Waals surface area contributed by atoms with E-state index in [4.69, 9.17) is 0 Å². The topological polar surface area (TPSA) is 60.4 Å². The molecule has 0 aliphatic rings. The Morgan fingerprint density at radius 3 is 1.48 bits per heavy atom. The summed E-state index contributed by atoms with van der Waals surface area (Å²) in [5.74, 6) is -0.239. The Morgan fingerprint density at radius 2 is 1.12 bits per heavy atom. The van der Waals surface area contributed by atoms with Gasteiger partial charge in [0.25, 0.3) is 0 Å². The molecule has 0 saturated carbocycles. The van der Waals surface area contributed by atoms with Crippen LogP contribution in [0.5, 0.6) is 5.75 Å². The third-order valence-corrected chi connectivity index (χ3v) is 5.54. The van der Waals surface area contributed by atoms with Crippen LogP contribution in [0.3, 0.4) is 0 Å². The first-order valence-corrected chi connectivity index (χ1v) is 9.21. The molecule has 0 heterocycles. The average Bonchev–Trinajstić information content (AvgIpc) is 2.67. The Balaban J connectivity index is 2.80. The molecule has 2 aromatic carbocycles. The largest absolute Gasteiger partial charge is 0.385 e. The number of hydrogen-bond donors (Lipinski definition) is 2. The quantitative estimate of drug-likeness (QED) is 0.697. The van der Waals surface area contributed by atoms with Gasteiger partial charge in [0.1, 0.15) is 0 Å². The van der Waals surface area contributed by atoms with Crippen molar-refractivity contribution >= 4 is 0 Å². The van der Waals surface area contributed by atoms with Crippen molar-refractivity contribution in [3.8, 4) is 16.9 Å². The van der Waals surface area contributed by atoms with Crippen molar-refractivity contribution in [1.82, 2.24) is 0 Å². The Morgan fingerprint density at radius 1 is 0.720 bits per heavy atom. The number of aliphatic hydroxyl groups is 2. The van der Waals surface area contributed by atoms with E-state index < -0.39 is 11.2 Å². The molecular formula is C22H29O3. The van der Waals surface area contributed by atoms with Gasteiger partial charge in [0, 0.05) is 11.1 Å². The number of benzene rings is 2. The van der Waals surface area contributed by atoms with Gasteiger partial charge in [-0.2, -0.15) is 0 Å². The minimum atomic E-state index is -1.18. The lowest BCUT2D eigenvalue weighted by molar-refractivity contribution is 0.0153. The molecule has 2 N–H and O–H groups in total. The first kappa shape index (κ1) is 19.5. The Hall–Kier alpha value is -1.84. The molecule has 0 amide bonds. The van der Waals surface area contributed by atoms with E-state index in [2.05, 4.69) is 0 Å². The molecule has 2 rings (SSSR count). The normalized spacial score (nSPS) is 12.4. The molecular weight excluding hydrogens is 312 g/mol. The second-order valence-corrected chi connectivity index (χ2v) is 6.74. The summed E-state index contributed by atoms with van der Waals surface area (Å²) in [5.41, 5.74) is 0.223. The summed E-state index contributed by atoms with van der Waals surface area (Å²) in [5, 5.41) is 35.2. The zero-order valence-electron chi connectivity index (χ0n) is 15.7. The predicted octanol–water partition coefficient (Wildman–Crippen LogP) is 5.51. The SMILES string of the molecule is CCC(O)(CC)c1cc(-c2ccccc2)cc(C(O)(CC)CC)c1[O]. The highest BCUT2D eigenvalue weighted by molar-refractivity contribution is 5.68. The molecule has 3 nitrogen and oxygen atoms in total. The van der Waals surface area contributed by atoms with E-state index in [-0.39, 0.29) is 5.75 Å². The van der Waals surface area contributed by atoms with E-state index >= 15 is 0 Å². The van der Waals surface area contributed by atoms with Crippen molar-refractivity contribution < 1.29 is 15.3 Å². The van der Waals surface area contributed by atoms with Gasteiger partial charge in [-0.25, -0.2) is 0 Å². The molecule has 0 unspecified atom stereocenters. The van der Waals surface area contributed by atoms with Crippen molar-refractivity contribution in [3.63, 3.8) is 0 Å². The van der Waals surface area contributed by atoms with Crippen LogP contribution in [0.1, 0.15) is 64.5 Å². The summed E-state index contributed by atoms with van der Waals surface area (Å²) < 4.78 is 0.